The van der Waals surface area contributed by atoms with Crippen molar-refractivity contribution in [1.29, 1.82) is 0 Å². The predicted molar refractivity (Wildman–Crippen MR) is 64.7 cm³/mol. The van der Waals surface area contributed by atoms with Crippen molar-refractivity contribution in [2.75, 3.05) is 6.54 Å². The van der Waals surface area contributed by atoms with Gasteiger partial charge in [0.25, 0.3) is 0 Å². The summed E-state index contributed by atoms with van der Waals surface area (Å²) >= 11 is 0. The number of rotatable bonds is 3. The molecule has 0 bridgehead atoms. The highest BCUT2D eigenvalue weighted by atomic mass is 35.5. The number of nitrogens with zero attached hydrogens (tertiary/aromatic N) is 1. The van der Waals surface area contributed by atoms with Crippen LogP contribution in [0, 0.1) is 5.82 Å². The van der Waals surface area contributed by atoms with E-state index in [1.807, 2.05) is 11.0 Å². The van der Waals surface area contributed by atoms with Crippen LogP contribution in [0.2, 0.25) is 0 Å². The van der Waals surface area contributed by atoms with Gasteiger partial charge in [-0.3, -0.25) is 9.69 Å². The van der Waals surface area contributed by atoms with E-state index in [4.69, 9.17) is 5.11 Å². The molecule has 1 atom stereocenters. The van der Waals surface area contributed by atoms with E-state index in [-0.39, 0.29) is 18.2 Å². The highest BCUT2D eigenvalue weighted by Gasteiger charge is 2.30. The standard InChI is InChI=1S/C12H14FNO2.ClH/c13-10-4-1-3-9(7-10)8-14-6-2-5-11(14)12(15)16;/h1,3-4,7,11H,2,5-6,8H2,(H,15,16);1H. The largest absolute Gasteiger partial charge is 0.480 e. The quantitative estimate of drug-likeness (QED) is 0.906. The molecule has 94 valence electrons. The normalized spacial score (nSPS) is 19.9. The Balaban J connectivity index is 0.00000144. The monoisotopic (exact) mass is 259 g/mol. The van der Waals surface area contributed by atoms with Gasteiger partial charge in [0.1, 0.15) is 11.9 Å². The topological polar surface area (TPSA) is 40.5 Å². The summed E-state index contributed by atoms with van der Waals surface area (Å²) in [6, 6.07) is 5.90. The van der Waals surface area contributed by atoms with Gasteiger partial charge in [0.15, 0.2) is 0 Å². The third kappa shape index (κ3) is 3.41. The molecule has 1 aliphatic rings. The van der Waals surface area contributed by atoms with E-state index in [1.54, 1.807) is 6.07 Å². The highest BCUT2D eigenvalue weighted by Crippen LogP contribution is 2.20. The van der Waals surface area contributed by atoms with E-state index < -0.39 is 12.0 Å². The van der Waals surface area contributed by atoms with Gasteiger partial charge in [0.05, 0.1) is 0 Å². The van der Waals surface area contributed by atoms with Gasteiger partial charge in [-0.1, -0.05) is 12.1 Å². The van der Waals surface area contributed by atoms with Crippen LogP contribution in [0.25, 0.3) is 0 Å². The summed E-state index contributed by atoms with van der Waals surface area (Å²) in [5.41, 5.74) is 0.827. The van der Waals surface area contributed by atoms with Gasteiger partial charge >= 0.3 is 5.97 Å². The molecular weight excluding hydrogens is 245 g/mol. The summed E-state index contributed by atoms with van der Waals surface area (Å²) in [6.45, 7) is 1.28. The van der Waals surface area contributed by atoms with Crippen LogP contribution in [0.5, 0.6) is 0 Å². The van der Waals surface area contributed by atoms with Crippen LogP contribution in [0.1, 0.15) is 18.4 Å². The Kier molecular flexibility index (Phi) is 4.90. The van der Waals surface area contributed by atoms with Crippen molar-refractivity contribution < 1.29 is 14.3 Å². The molecule has 0 aliphatic carbocycles. The first-order valence-electron chi connectivity index (χ1n) is 5.38. The second-order valence-electron chi connectivity index (χ2n) is 4.10. The van der Waals surface area contributed by atoms with Crippen molar-refractivity contribution >= 4 is 18.4 Å². The lowest BCUT2D eigenvalue weighted by Gasteiger charge is -2.20. The minimum Gasteiger partial charge on any atom is -0.480 e. The number of carbonyl (C=O) groups is 1. The Hall–Kier alpha value is -1.13. The van der Waals surface area contributed by atoms with Crippen LogP contribution >= 0.6 is 12.4 Å². The smallest absolute Gasteiger partial charge is 0.320 e. The van der Waals surface area contributed by atoms with E-state index in [2.05, 4.69) is 0 Å². The molecule has 17 heavy (non-hydrogen) atoms. The zero-order chi connectivity index (χ0) is 11.5. The lowest BCUT2D eigenvalue weighted by Crippen LogP contribution is -2.35. The fourth-order valence-corrected chi connectivity index (χ4v) is 2.16. The van der Waals surface area contributed by atoms with Gasteiger partial charge in [-0.25, -0.2) is 4.39 Å². The van der Waals surface area contributed by atoms with Gasteiger partial charge in [0.2, 0.25) is 0 Å². The molecular formula is C12H15ClFNO2. The van der Waals surface area contributed by atoms with E-state index in [0.717, 1.165) is 18.5 Å². The molecule has 0 saturated carbocycles. The van der Waals surface area contributed by atoms with Crippen LogP contribution in [0.15, 0.2) is 24.3 Å². The van der Waals surface area contributed by atoms with Crippen molar-refractivity contribution in [1.82, 2.24) is 4.90 Å². The summed E-state index contributed by atoms with van der Waals surface area (Å²) in [5, 5.41) is 9.00. The molecule has 1 aromatic rings. The summed E-state index contributed by atoms with van der Waals surface area (Å²) in [4.78, 5) is 12.8. The maximum Gasteiger partial charge on any atom is 0.320 e. The Morgan fingerprint density at radius 1 is 1.53 bits per heavy atom. The van der Waals surface area contributed by atoms with Crippen LogP contribution in [0.3, 0.4) is 0 Å². The zero-order valence-electron chi connectivity index (χ0n) is 9.30. The van der Waals surface area contributed by atoms with Crippen molar-refractivity contribution in [3.05, 3.63) is 35.6 Å². The van der Waals surface area contributed by atoms with Crippen molar-refractivity contribution in [3.63, 3.8) is 0 Å². The summed E-state index contributed by atoms with van der Waals surface area (Å²) in [6.07, 6.45) is 1.58. The second kappa shape index (κ2) is 5.98. The number of benzene rings is 1. The van der Waals surface area contributed by atoms with Crippen LogP contribution in [-0.2, 0) is 11.3 Å². The molecule has 1 heterocycles. The molecule has 3 nitrogen and oxygen atoms in total. The Bertz CT molecular complexity index is 400. The second-order valence-corrected chi connectivity index (χ2v) is 4.10. The zero-order valence-corrected chi connectivity index (χ0v) is 10.1. The maximum absolute atomic E-state index is 13.0. The summed E-state index contributed by atoms with van der Waals surface area (Å²) in [5.74, 6) is -1.06. The van der Waals surface area contributed by atoms with Crippen molar-refractivity contribution in [2.24, 2.45) is 0 Å². The number of carboxylic acids is 1. The van der Waals surface area contributed by atoms with E-state index in [9.17, 15) is 9.18 Å². The van der Waals surface area contributed by atoms with Crippen LogP contribution in [-0.4, -0.2) is 28.6 Å². The molecule has 1 aliphatic heterocycles. The van der Waals surface area contributed by atoms with Gasteiger partial charge in [-0.15, -0.1) is 12.4 Å². The summed E-state index contributed by atoms with van der Waals surface area (Å²) < 4.78 is 13.0. The average Bonchev–Trinajstić information content (AvgIpc) is 2.66. The molecule has 1 unspecified atom stereocenters. The molecule has 0 amide bonds. The third-order valence-corrected chi connectivity index (χ3v) is 2.92. The average molecular weight is 260 g/mol. The molecule has 0 aromatic heterocycles. The molecule has 1 aromatic carbocycles. The number of aliphatic carboxylic acids is 1. The number of carboxylic acid groups (broad SMARTS) is 1. The minimum atomic E-state index is -0.783. The number of likely N-dealkylation sites (tertiary alicyclic amines) is 1. The molecule has 0 spiro atoms. The molecule has 5 heteroatoms. The first kappa shape index (κ1) is 13.9. The fourth-order valence-electron chi connectivity index (χ4n) is 2.16. The van der Waals surface area contributed by atoms with Gasteiger partial charge in [-0.2, -0.15) is 0 Å². The Labute approximate surface area is 106 Å². The Morgan fingerprint density at radius 3 is 2.94 bits per heavy atom. The maximum atomic E-state index is 13.0. The summed E-state index contributed by atoms with van der Waals surface area (Å²) in [7, 11) is 0. The molecule has 1 saturated heterocycles. The van der Waals surface area contributed by atoms with Crippen molar-refractivity contribution in [2.45, 2.75) is 25.4 Å². The number of hydrogen-bond donors (Lipinski definition) is 1. The first-order valence-corrected chi connectivity index (χ1v) is 5.38. The Morgan fingerprint density at radius 2 is 2.29 bits per heavy atom. The van der Waals surface area contributed by atoms with Gasteiger partial charge < -0.3 is 5.11 Å². The lowest BCUT2D eigenvalue weighted by molar-refractivity contribution is -0.142. The van der Waals surface area contributed by atoms with Crippen LogP contribution in [0.4, 0.5) is 4.39 Å². The number of halogens is 2. The van der Waals surface area contributed by atoms with Gasteiger partial charge in [0, 0.05) is 6.54 Å². The minimum absolute atomic E-state index is 0. The van der Waals surface area contributed by atoms with Crippen LogP contribution < -0.4 is 0 Å². The molecule has 2 rings (SSSR count). The van der Waals surface area contributed by atoms with E-state index in [0.29, 0.717) is 13.0 Å². The van der Waals surface area contributed by atoms with Gasteiger partial charge in [-0.05, 0) is 37.1 Å². The SMILES string of the molecule is Cl.O=C(O)C1CCCN1Cc1cccc(F)c1. The fraction of sp³-hybridized carbons (Fsp3) is 0.417. The van der Waals surface area contributed by atoms with Crippen molar-refractivity contribution in [3.8, 4) is 0 Å². The molecule has 0 radical (unpaired) electrons. The van der Waals surface area contributed by atoms with E-state index >= 15 is 0 Å². The lowest BCUT2D eigenvalue weighted by atomic mass is 10.2. The van der Waals surface area contributed by atoms with E-state index in [1.165, 1.54) is 12.1 Å². The highest BCUT2D eigenvalue weighted by molar-refractivity contribution is 5.85. The molecule has 1 fully saturated rings. The number of hydrogen-bond acceptors (Lipinski definition) is 2. The predicted octanol–water partition coefficient (Wildman–Crippen LogP) is 2.30. The first-order chi connectivity index (χ1) is 7.66. The third-order valence-electron chi connectivity index (χ3n) is 2.92. The molecule has 1 N–H and O–H groups in total.